The average molecular weight is 859 g/mol. The van der Waals surface area contributed by atoms with Crippen molar-refractivity contribution in [1.29, 1.82) is 0 Å². The van der Waals surface area contributed by atoms with Gasteiger partial charge in [0.2, 0.25) is 0 Å². The van der Waals surface area contributed by atoms with Crippen molar-refractivity contribution in [3.05, 3.63) is 97.1 Å². The fraction of sp³-hybridized carbons (Fsp3) is 0.520. The van der Waals surface area contributed by atoms with E-state index in [2.05, 4.69) is 13.2 Å². The summed E-state index contributed by atoms with van der Waals surface area (Å²) in [7, 11) is 0. The molecule has 2 fully saturated rings. The van der Waals surface area contributed by atoms with Crippen LogP contribution in [0.2, 0.25) is 0 Å². The Labute approximate surface area is 367 Å². The largest absolute Gasteiger partial charge is 0.494 e. The Balaban J connectivity index is 1.01. The Hall–Kier alpha value is -5.20. The molecule has 2 aliphatic heterocycles. The van der Waals surface area contributed by atoms with Gasteiger partial charge in [-0.1, -0.05) is 114 Å². The molecule has 2 saturated heterocycles. The van der Waals surface area contributed by atoms with E-state index in [1.54, 1.807) is 12.2 Å². The zero-order valence-corrected chi connectivity index (χ0v) is 36.3. The van der Waals surface area contributed by atoms with E-state index >= 15 is 0 Å². The third-order valence-corrected chi connectivity index (χ3v) is 10.5. The predicted octanol–water partition coefficient (Wildman–Crippen LogP) is 9.49. The molecule has 0 bridgehead atoms. The van der Waals surface area contributed by atoms with E-state index in [1.807, 2.05) is 48.5 Å². The molecule has 12 heteroatoms. The molecule has 4 rings (SSSR count). The quantitative estimate of drug-likeness (QED) is 0.0299. The van der Waals surface area contributed by atoms with E-state index in [-0.39, 0.29) is 25.2 Å². The van der Waals surface area contributed by atoms with Crippen LogP contribution in [0.5, 0.6) is 11.5 Å². The minimum Gasteiger partial charge on any atom is -0.494 e. The van der Waals surface area contributed by atoms with E-state index < -0.39 is 36.4 Å². The molecule has 0 saturated carbocycles. The zero-order chi connectivity index (χ0) is 44.0. The second-order valence-corrected chi connectivity index (χ2v) is 15.4. The summed E-state index contributed by atoms with van der Waals surface area (Å²) in [6.07, 6.45) is 23.7. The Bertz CT molecular complexity index is 1570. The van der Waals surface area contributed by atoms with Gasteiger partial charge < -0.3 is 37.9 Å². The number of fused-ring (bicyclic) bond motifs is 1. The average Bonchev–Trinajstić information content (AvgIpc) is 3.88. The zero-order valence-electron chi connectivity index (χ0n) is 36.3. The summed E-state index contributed by atoms with van der Waals surface area (Å²) in [5.41, 5.74) is 1.67. The van der Waals surface area contributed by atoms with Gasteiger partial charge in [0.15, 0.2) is 12.2 Å². The van der Waals surface area contributed by atoms with Crippen LogP contribution in [0.25, 0.3) is 12.2 Å². The summed E-state index contributed by atoms with van der Waals surface area (Å²) < 4.78 is 44.7. The van der Waals surface area contributed by atoms with Gasteiger partial charge in [0, 0.05) is 24.3 Å². The summed E-state index contributed by atoms with van der Waals surface area (Å²) in [4.78, 5) is 47.4. The monoisotopic (exact) mass is 858 g/mol. The number of rotatable bonds is 32. The first-order chi connectivity index (χ1) is 30.3. The highest BCUT2D eigenvalue weighted by Crippen LogP contribution is 2.31. The number of carbonyl (C=O) groups excluding carboxylic acids is 4. The van der Waals surface area contributed by atoms with Crippen LogP contribution in [-0.4, -0.2) is 87.9 Å². The van der Waals surface area contributed by atoms with Crippen molar-refractivity contribution in [2.75, 3.05) is 39.6 Å². The van der Waals surface area contributed by atoms with E-state index in [0.717, 1.165) is 86.8 Å². The third kappa shape index (κ3) is 20.1. The summed E-state index contributed by atoms with van der Waals surface area (Å²) in [5.74, 6) is -0.190. The molecule has 338 valence electrons. The molecular weight excluding hydrogens is 793 g/mol. The molecule has 4 atom stereocenters. The minimum atomic E-state index is -0.613. The number of hydrogen-bond acceptors (Lipinski definition) is 12. The molecule has 4 unspecified atom stereocenters. The van der Waals surface area contributed by atoms with Crippen molar-refractivity contribution in [2.45, 2.75) is 127 Å². The molecule has 2 heterocycles. The second-order valence-electron chi connectivity index (χ2n) is 15.4. The molecule has 0 amide bonds. The lowest BCUT2D eigenvalue weighted by Crippen LogP contribution is -2.35. The van der Waals surface area contributed by atoms with E-state index in [9.17, 15) is 19.2 Å². The fourth-order valence-corrected chi connectivity index (χ4v) is 7.06. The molecule has 62 heavy (non-hydrogen) atoms. The number of hydrogen-bond donors (Lipinski definition) is 0. The molecule has 0 aliphatic carbocycles. The second kappa shape index (κ2) is 29.9. The summed E-state index contributed by atoms with van der Waals surface area (Å²) in [5, 5.41) is 0. The van der Waals surface area contributed by atoms with Gasteiger partial charge in [-0.15, -0.1) is 0 Å². The lowest BCUT2D eigenvalue weighted by Gasteiger charge is -2.16. The smallest absolute Gasteiger partial charge is 0.331 e. The summed E-state index contributed by atoms with van der Waals surface area (Å²) >= 11 is 0. The van der Waals surface area contributed by atoms with Crippen molar-refractivity contribution in [3.63, 3.8) is 0 Å². The number of ether oxygens (including phenoxy) is 8. The van der Waals surface area contributed by atoms with Crippen LogP contribution in [-0.2, 0) is 47.6 Å². The van der Waals surface area contributed by atoms with Crippen LogP contribution in [0.3, 0.4) is 0 Å². The standard InChI is InChI=1S/C50H66O12/c1-3-45(51)57-35-19-15-11-7-5-9-13-17-33-55-41-27-21-39(22-28-41)25-31-47(53)61-43-37-59-50-44(38-60-49(43)50)62-48(54)32-26-40-23-29-42(30-24-40)56-34-18-14-10-6-8-12-16-20-36-58-46(52)4-2/h3-4,21-32,43-44,49-50H,1-2,5-20,33-38H2/b31-25+,32-26+. The minimum absolute atomic E-state index is 0.148. The Morgan fingerprint density at radius 3 is 1.13 bits per heavy atom. The molecule has 0 N–H and O–H groups in total. The summed E-state index contributed by atoms with van der Waals surface area (Å²) in [6, 6.07) is 15.1. The summed E-state index contributed by atoms with van der Waals surface area (Å²) in [6.45, 7) is 9.30. The van der Waals surface area contributed by atoms with Crippen LogP contribution < -0.4 is 9.47 Å². The molecule has 12 nitrogen and oxygen atoms in total. The van der Waals surface area contributed by atoms with Gasteiger partial charge in [0.05, 0.1) is 39.6 Å². The Morgan fingerprint density at radius 2 is 0.790 bits per heavy atom. The van der Waals surface area contributed by atoms with E-state index in [1.165, 1.54) is 62.8 Å². The number of esters is 4. The molecule has 0 aromatic heterocycles. The topological polar surface area (TPSA) is 142 Å². The van der Waals surface area contributed by atoms with Crippen molar-refractivity contribution in [2.24, 2.45) is 0 Å². The first kappa shape index (κ1) is 49.5. The van der Waals surface area contributed by atoms with E-state index in [4.69, 9.17) is 37.9 Å². The first-order valence-electron chi connectivity index (χ1n) is 22.4. The first-order valence-corrected chi connectivity index (χ1v) is 22.4. The highest BCUT2D eigenvalue weighted by Gasteiger charge is 2.51. The number of benzene rings is 2. The molecule has 0 radical (unpaired) electrons. The SMILES string of the molecule is C=CC(=O)OCCCCCCCCCCOc1ccc(/C=C/C(=O)OC2COC3C(OC(=O)/C=C/c4ccc(OCCCCCCCCCCOC(=O)C=C)cc4)COC23)cc1. The van der Waals surface area contributed by atoms with Gasteiger partial charge in [-0.05, 0) is 73.2 Å². The van der Waals surface area contributed by atoms with Gasteiger partial charge in [0.1, 0.15) is 23.7 Å². The van der Waals surface area contributed by atoms with Crippen LogP contribution in [0.15, 0.2) is 86.0 Å². The van der Waals surface area contributed by atoms with Crippen LogP contribution in [0, 0.1) is 0 Å². The lowest BCUT2D eigenvalue weighted by molar-refractivity contribution is -0.149. The van der Waals surface area contributed by atoms with Gasteiger partial charge in [-0.3, -0.25) is 0 Å². The lowest BCUT2D eigenvalue weighted by atomic mass is 10.1. The molecule has 0 spiro atoms. The predicted molar refractivity (Wildman–Crippen MR) is 237 cm³/mol. The van der Waals surface area contributed by atoms with Crippen molar-refractivity contribution in [1.82, 2.24) is 0 Å². The Morgan fingerprint density at radius 1 is 0.468 bits per heavy atom. The van der Waals surface area contributed by atoms with Gasteiger partial charge in [-0.2, -0.15) is 0 Å². The third-order valence-electron chi connectivity index (χ3n) is 10.5. The van der Waals surface area contributed by atoms with Crippen LogP contribution in [0.1, 0.15) is 114 Å². The maximum atomic E-state index is 12.7. The highest BCUT2D eigenvalue weighted by atomic mass is 16.7. The van der Waals surface area contributed by atoms with Crippen molar-refractivity contribution in [3.8, 4) is 11.5 Å². The normalized spacial score (nSPS) is 18.0. The number of carbonyl (C=O) groups is 4. The number of unbranched alkanes of at least 4 members (excludes halogenated alkanes) is 14. The molecule has 2 aromatic carbocycles. The highest BCUT2D eigenvalue weighted by molar-refractivity contribution is 5.88. The fourth-order valence-electron chi connectivity index (χ4n) is 7.06. The maximum absolute atomic E-state index is 12.7. The maximum Gasteiger partial charge on any atom is 0.331 e. The van der Waals surface area contributed by atoms with Gasteiger partial charge in [0.25, 0.3) is 0 Å². The van der Waals surface area contributed by atoms with Crippen LogP contribution >= 0.6 is 0 Å². The van der Waals surface area contributed by atoms with E-state index in [0.29, 0.717) is 26.4 Å². The van der Waals surface area contributed by atoms with Gasteiger partial charge in [-0.25, -0.2) is 19.2 Å². The molecule has 2 aromatic rings. The molecular formula is C50H66O12. The molecule has 2 aliphatic rings. The Kier molecular flexibility index (Phi) is 23.9. The van der Waals surface area contributed by atoms with Crippen molar-refractivity contribution < 1.29 is 57.1 Å². The van der Waals surface area contributed by atoms with Crippen molar-refractivity contribution >= 4 is 36.0 Å². The van der Waals surface area contributed by atoms with Gasteiger partial charge >= 0.3 is 23.9 Å². The van der Waals surface area contributed by atoms with Crippen LogP contribution in [0.4, 0.5) is 0 Å².